The van der Waals surface area contributed by atoms with E-state index in [1.807, 2.05) is 0 Å². The van der Waals surface area contributed by atoms with E-state index in [0.29, 0.717) is 0 Å². The van der Waals surface area contributed by atoms with Crippen molar-refractivity contribution >= 4 is 79.0 Å². The second-order valence-corrected chi connectivity index (χ2v) is 27.7. The number of anilines is 6. The molecule has 0 amide bonds. The fraction of sp³-hybridized carbons (Fsp3) is 0.185. The van der Waals surface area contributed by atoms with E-state index in [4.69, 9.17) is 0 Å². The summed E-state index contributed by atoms with van der Waals surface area (Å²) in [6.07, 6.45) is 1.14. The van der Waals surface area contributed by atoms with Gasteiger partial charge in [-0.2, -0.15) is 0 Å². The molecule has 12 aromatic rings. The molecule has 0 atom stereocenters. The van der Waals surface area contributed by atoms with Crippen molar-refractivity contribution in [2.45, 2.75) is 97.3 Å². The Labute approximate surface area is 503 Å². The maximum absolute atomic E-state index is 2.58. The molecule has 0 saturated heterocycles. The third-order valence-corrected chi connectivity index (χ3v) is 19.0. The molecule has 414 valence electrons. The Hall–Kier alpha value is -9.12. The van der Waals surface area contributed by atoms with E-state index in [0.717, 1.165) is 29.2 Å². The SMILES string of the molecule is CC(C)(C)c1cc(-c2ccc(N3c4ccc(-c5ccccc5)cc4B4c5cc(-c6ccccc6)ccc5N(c5ccc(-c6ccc7c(c6)C(C)(C)CC7(C)C)cc5)c5cc(-n6c7ccccc7c7ccccc76)cc3c54)cc2)cc(C(C)(C)C)c1. The van der Waals surface area contributed by atoms with Crippen molar-refractivity contribution in [3.63, 3.8) is 0 Å². The van der Waals surface area contributed by atoms with Crippen LogP contribution in [0.5, 0.6) is 0 Å². The van der Waals surface area contributed by atoms with Crippen molar-refractivity contribution in [1.29, 1.82) is 0 Å². The van der Waals surface area contributed by atoms with Gasteiger partial charge in [-0.1, -0.05) is 251 Å². The first-order valence-electron chi connectivity index (χ1n) is 30.6. The molecule has 0 bridgehead atoms. The smallest absolute Gasteiger partial charge is 0.252 e. The highest BCUT2D eigenvalue weighted by atomic mass is 15.2. The summed E-state index contributed by atoms with van der Waals surface area (Å²) in [5.41, 5.74) is 29.9. The molecular formula is C81H72BN3. The molecule has 3 nitrogen and oxygen atoms in total. The van der Waals surface area contributed by atoms with E-state index in [1.165, 1.54) is 122 Å². The number of para-hydroxylation sites is 2. The zero-order chi connectivity index (χ0) is 58.3. The van der Waals surface area contributed by atoms with Crippen LogP contribution in [0.3, 0.4) is 0 Å². The van der Waals surface area contributed by atoms with Crippen LogP contribution in [0.1, 0.15) is 97.9 Å². The van der Waals surface area contributed by atoms with E-state index < -0.39 is 0 Å². The second kappa shape index (κ2) is 19.2. The summed E-state index contributed by atoms with van der Waals surface area (Å²) in [6, 6.07) is 92.5. The van der Waals surface area contributed by atoms with Crippen molar-refractivity contribution in [3.8, 4) is 50.2 Å². The van der Waals surface area contributed by atoms with Crippen molar-refractivity contribution in [2.75, 3.05) is 9.80 Å². The van der Waals surface area contributed by atoms with Gasteiger partial charge >= 0.3 is 0 Å². The third kappa shape index (κ3) is 8.70. The lowest BCUT2D eigenvalue weighted by atomic mass is 9.33. The molecule has 1 aliphatic carbocycles. The predicted molar refractivity (Wildman–Crippen MR) is 365 cm³/mol. The molecule has 15 rings (SSSR count). The van der Waals surface area contributed by atoms with Crippen molar-refractivity contribution in [3.05, 3.63) is 265 Å². The Morgan fingerprint density at radius 3 is 1.21 bits per heavy atom. The Kier molecular flexibility index (Phi) is 11.9. The first-order valence-corrected chi connectivity index (χ1v) is 30.6. The average Bonchev–Trinajstić information content (AvgIpc) is 1.10. The van der Waals surface area contributed by atoms with Crippen LogP contribution >= 0.6 is 0 Å². The molecular weight excluding hydrogens is 1030 g/mol. The van der Waals surface area contributed by atoms with E-state index >= 15 is 0 Å². The standard InChI is InChI=1S/C81H72BN3/c1-78(2,3)60-43-59(44-61(48-60)79(4,5)6)55-31-38-63(39-32-55)84-74-42-35-58(53-23-15-12-16-24-53)47-70(74)82-69-46-57(52-21-13-11-14-22-52)34-41-73(69)83(62-36-29-54(30-37-62)56-33-40-67-68(45-56)81(9,10)51-80(67,7)8)75-49-64(50-76(84)77(75)82)85-71-27-19-17-25-65(71)66-26-18-20-28-72(66)85/h11-50H,51H2,1-10H3. The van der Waals surface area contributed by atoms with E-state index in [9.17, 15) is 0 Å². The minimum atomic E-state index is -0.115. The molecule has 4 heteroatoms. The fourth-order valence-corrected chi connectivity index (χ4v) is 14.9. The van der Waals surface area contributed by atoms with Crippen LogP contribution in [-0.4, -0.2) is 11.3 Å². The Morgan fingerprint density at radius 2 is 0.729 bits per heavy atom. The largest absolute Gasteiger partial charge is 0.311 e. The molecule has 0 radical (unpaired) electrons. The van der Waals surface area contributed by atoms with Gasteiger partial charge in [0.15, 0.2) is 0 Å². The van der Waals surface area contributed by atoms with Crippen LogP contribution in [0.4, 0.5) is 34.1 Å². The predicted octanol–water partition coefficient (Wildman–Crippen LogP) is 20.1. The molecule has 3 heterocycles. The van der Waals surface area contributed by atoms with Crippen LogP contribution in [-0.2, 0) is 21.7 Å². The summed E-state index contributed by atoms with van der Waals surface area (Å²) in [7, 11) is 0. The number of benzene rings is 11. The molecule has 1 aromatic heterocycles. The van der Waals surface area contributed by atoms with Gasteiger partial charge in [-0.3, -0.25) is 0 Å². The number of hydrogen-bond acceptors (Lipinski definition) is 2. The monoisotopic (exact) mass is 1100 g/mol. The average molecular weight is 1100 g/mol. The first-order chi connectivity index (χ1) is 40.9. The third-order valence-electron chi connectivity index (χ3n) is 19.0. The van der Waals surface area contributed by atoms with Gasteiger partial charge in [0.1, 0.15) is 0 Å². The van der Waals surface area contributed by atoms with Gasteiger partial charge in [0.25, 0.3) is 6.71 Å². The van der Waals surface area contributed by atoms with E-state index in [1.54, 1.807) is 0 Å². The number of aromatic nitrogens is 1. The number of nitrogens with zero attached hydrogens (tertiary/aromatic N) is 3. The maximum Gasteiger partial charge on any atom is 0.252 e. The highest BCUT2D eigenvalue weighted by molar-refractivity contribution is 7.00. The van der Waals surface area contributed by atoms with Crippen molar-refractivity contribution < 1.29 is 0 Å². The van der Waals surface area contributed by atoms with Crippen LogP contribution in [0.25, 0.3) is 72.0 Å². The Bertz CT molecular complexity index is 4540. The number of rotatable bonds is 7. The highest BCUT2D eigenvalue weighted by Crippen LogP contribution is 2.52. The molecule has 0 unspecified atom stereocenters. The topological polar surface area (TPSA) is 11.4 Å². The van der Waals surface area contributed by atoms with Crippen LogP contribution < -0.4 is 26.2 Å². The normalized spacial score (nSPS) is 14.8. The summed E-state index contributed by atoms with van der Waals surface area (Å²) in [5, 5.41) is 2.48. The number of fused-ring (bicyclic) bond motifs is 8. The van der Waals surface area contributed by atoms with Crippen LogP contribution in [0, 0.1) is 0 Å². The van der Waals surface area contributed by atoms with Gasteiger partial charge in [0.05, 0.1) is 16.7 Å². The van der Waals surface area contributed by atoms with Crippen LogP contribution in [0.2, 0.25) is 0 Å². The maximum atomic E-state index is 2.58. The summed E-state index contributed by atoms with van der Waals surface area (Å²) < 4.78 is 2.51. The van der Waals surface area contributed by atoms with E-state index in [-0.39, 0.29) is 28.4 Å². The lowest BCUT2D eigenvalue weighted by molar-refractivity contribution is 0.403. The zero-order valence-corrected chi connectivity index (χ0v) is 50.7. The molecule has 3 aliphatic rings. The molecule has 0 saturated carbocycles. The van der Waals surface area contributed by atoms with Crippen LogP contribution in [0.15, 0.2) is 243 Å². The molecule has 85 heavy (non-hydrogen) atoms. The Balaban J connectivity index is 1.00. The Morgan fingerprint density at radius 1 is 0.329 bits per heavy atom. The minimum absolute atomic E-state index is 0.00349. The molecule has 0 spiro atoms. The van der Waals surface area contributed by atoms with Gasteiger partial charge in [-0.05, 0) is 172 Å². The molecule has 2 aliphatic heterocycles. The molecule has 0 fully saturated rings. The first kappa shape index (κ1) is 52.7. The molecule has 0 N–H and O–H groups in total. The van der Waals surface area contributed by atoms with Crippen molar-refractivity contribution in [2.24, 2.45) is 0 Å². The summed E-state index contributed by atoms with van der Waals surface area (Å²) >= 11 is 0. The molecule has 11 aromatic carbocycles. The lowest BCUT2D eigenvalue weighted by Gasteiger charge is -2.44. The highest BCUT2D eigenvalue weighted by Gasteiger charge is 2.45. The quantitative estimate of drug-likeness (QED) is 0.147. The number of hydrogen-bond donors (Lipinski definition) is 0. The van der Waals surface area contributed by atoms with Crippen molar-refractivity contribution in [1.82, 2.24) is 4.57 Å². The summed E-state index contributed by atoms with van der Waals surface area (Å²) in [4.78, 5) is 5.16. The van der Waals surface area contributed by atoms with Gasteiger partial charge in [0, 0.05) is 44.9 Å². The summed E-state index contributed by atoms with van der Waals surface area (Å²) in [5.74, 6) is 0. The van der Waals surface area contributed by atoms with Gasteiger partial charge in [0.2, 0.25) is 0 Å². The minimum Gasteiger partial charge on any atom is -0.311 e. The summed E-state index contributed by atoms with van der Waals surface area (Å²) in [6.45, 7) is 23.5. The van der Waals surface area contributed by atoms with Gasteiger partial charge in [-0.15, -0.1) is 0 Å². The lowest BCUT2D eigenvalue weighted by Crippen LogP contribution is -2.61. The van der Waals surface area contributed by atoms with Gasteiger partial charge in [-0.25, -0.2) is 0 Å². The van der Waals surface area contributed by atoms with E-state index in [2.05, 4.69) is 326 Å². The van der Waals surface area contributed by atoms with Gasteiger partial charge < -0.3 is 14.4 Å². The fourth-order valence-electron chi connectivity index (χ4n) is 14.9. The second-order valence-electron chi connectivity index (χ2n) is 27.7. The zero-order valence-electron chi connectivity index (χ0n) is 50.7.